The maximum atomic E-state index is 12.3. The zero-order valence-electron chi connectivity index (χ0n) is 61.0. The Labute approximate surface area is 571 Å². The van der Waals surface area contributed by atoms with Gasteiger partial charge in [-0.05, 0) is 136 Å². The third kappa shape index (κ3) is 94.7. The summed E-state index contributed by atoms with van der Waals surface area (Å²) in [6.45, 7) is 19.9. The van der Waals surface area contributed by atoms with E-state index >= 15 is 0 Å². The summed E-state index contributed by atoms with van der Waals surface area (Å²) in [5.41, 5.74) is 0. The van der Waals surface area contributed by atoms with Gasteiger partial charge in [-0.2, -0.15) is 41.5 Å². The number of aliphatic hydroxyl groups is 1. The van der Waals surface area contributed by atoms with Gasteiger partial charge < -0.3 is 79.7 Å². The summed E-state index contributed by atoms with van der Waals surface area (Å²) in [4.78, 5) is 83.8. The standard InChI is InChI=1S/C6H12FN.C6H13N.C5H12N2O.C4H3F3N2O.C4H6N2O.C4H9NO2.C4H5NO.C4H5NS.C4H11N.C3H4F3NO.C3H7NO2.C3H7NO.C3H9N.C2H4N4.C2H5NO/c1-8-4-2-6(7)3-5-8;1-7-5-3-2-4-6-7;1-6-5(8)4-7(2)3;1-2-8-3(10-9-2)4(5,6)7;1-3-5-4(2)7-6-3;1-5-4(6)3-7-2;2*1-4-5-2-3-6-4;1-4-5(2)3;1-7-2(8)3(4,5)6;1-4-3(6)2-5;1-3(5)4-2;1-4(2)3;1-2-3-5-6-4-2;1-3-2-4/h6H,2-5H2,1H3;2-6H2,1H3;4H2,1-3H3,(H,6,8);1H3;1-2H3;3H2,1-2H3,(H,5,6);2*2-3H,1H3;4H2,1-3H3;1H3,(H,7,8);5H,2H2,1H3,(H,4,6);1-2H3,(H,4,5);1-3H3;1H3,(H,3,4,5,6);2H,1H3,(H,3,4). The smallest absolute Gasteiger partial charge is 0.449 e. The lowest BCUT2D eigenvalue weighted by Crippen LogP contribution is -2.33. The molecule has 0 spiro atoms. The first-order valence-corrected chi connectivity index (χ1v) is 30.3. The molecule has 2 saturated heterocycles. The molecule has 0 atom stereocenters. The number of H-pyrrole nitrogens is 1. The molecule has 2 aliphatic heterocycles. The SMILES string of the molecule is CCN(C)C.CN(C)C.CN1CCC(F)CC1.CN1CCCCC1.CNC(=O)C(F)(F)F.CNC(=O)CN(C)C.CNC(=O)CO.CNC(=O)COC.CNC(C)=O.CNC=O.Cc1ncco1.Cc1nccs1.Cc1nn[nH]n1.Cc1noc(C(F)(F)F)n1.Cc1noc(C)n1. The molecule has 0 aliphatic carbocycles. The number of nitrogens with zero attached hydrogens (tertiary/aromatic N) is 14. The van der Waals surface area contributed by atoms with Crippen LogP contribution in [0.1, 0.15) is 86.1 Å². The Hall–Kier alpha value is -7.76. The molecule has 5 aromatic rings. The number of oxazole rings is 1. The Kier molecular flexibility index (Phi) is 77.1. The van der Waals surface area contributed by atoms with E-state index in [9.17, 15) is 54.7 Å². The second kappa shape index (κ2) is 71.0. The Balaban J connectivity index is -0.000000147. The minimum absolute atomic E-state index is 0.00463. The fourth-order valence-corrected chi connectivity index (χ4v) is 4.87. The number of nitrogens with one attached hydrogen (secondary N) is 7. The number of alkyl halides is 7. The lowest BCUT2D eigenvalue weighted by Gasteiger charge is -2.23. The molecule has 2 fully saturated rings. The average Bonchev–Trinajstić information content (AvgIpc) is 1.82. The van der Waals surface area contributed by atoms with Crippen molar-refractivity contribution in [1.29, 1.82) is 0 Å². The molecular weight excluding hydrogens is 1320 g/mol. The fourth-order valence-electron chi connectivity index (χ4n) is 4.43. The van der Waals surface area contributed by atoms with Crippen molar-refractivity contribution in [2.24, 2.45) is 0 Å². The van der Waals surface area contributed by atoms with Crippen molar-refractivity contribution >= 4 is 47.3 Å². The number of aryl methyl sites for hydroxylation is 6. The van der Waals surface area contributed by atoms with Crippen molar-refractivity contribution in [3.63, 3.8) is 0 Å². The summed E-state index contributed by atoms with van der Waals surface area (Å²) >= 11 is 1.67. The minimum Gasteiger partial charge on any atom is -0.449 e. The molecule has 7 rings (SSSR count). The first-order valence-electron chi connectivity index (χ1n) is 29.4. The van der Waals surface area contributed by atoms with Crippen molar-refractivity contribution in [3.8, 4) is 0 Å². The number of piperidine rings is 2. The van der Waals surface area contributed by atoms with Crippen molar-refractivity contribution in [1.82, 2.24) is 107 Å². The van der Waals surface area contributed by atoms with Gasteiger partial charge in [-0.1, -0.05) is 28.9 Å². The number of tetrazole rings is 1. The summed E-state index contributed by atoms with van der Waals surface area (Å²) in [7, 11) is 28.3. The van der Waals surface area contributed by atoms with Gasteiger partial charge in [0.05, 0.1) is 17.7 Å². The molecule has 6 amide bonds. The maximum Gasteiger partial charge on any atom is 0.471 e. The van der Waals surface area contributed by atoms with Crippen LogP contribution in [0.25, 0.3) is 0 Å². The molecule has 0 aromatic carbocycles. The van der Waals surface area contributed by atoms with E-state index in [-0.39, 0.29) is 36.1 Å². The monoisotopic (exact) mass is 1430 g/mol. The number of hydrogen-bond acceptors (Lipinski definition) is 26. The van der Waals surface area contributed by atoms with Crippen LogP contribution in [0.5, 0.6) is 0 Å². The van der Waals surface area contributed by atoms with Gasteiger partial charge in [0.2, 0.25) is 35.9 Å². The largest absolute Gasteiger partial charge is 0.471 e. The zero-order chi connectivity index (χ0) is 77.0. The number of aliphatic hydroxyl groups excluding tert-OH is 1. The molecule has 0 saturated carbocycles. The molecular formula is C57H112F7N21O11S. The average molecular weight is 1430 g/mol. The summed E-state index contributed by atoms with van der Waals surface area (Å²) in [6, 6.07) is 0. The van der Waals surface area contributed by atoms with Crippen molar-refractivity contribution in [2.45, 2.75) is 106 Å². The summed E-state index contributed by atoms with van der Waals surface area (Å²) in [5, 5.41) is 43.5. The number of ether oxygens (including phenoxy) is 1. The highest BCUT2D eigenvalue weighted by molar-refractivity contribution is 7.09. The number of amides is 6. The predicted octanol–water partition coefficient (Wildman–Crippen LogP) is 3.73. The number of methoxy groups -OCH3 is 1. The second-order valence-electron chi connectivity index (χ2n) is 19.8. The number of carbonyl (C=O) groups is 6. The summed E-state index contributed by atoms with van der Waals surface area (Å²) in [6.07, 6.45) is 1.55. The minimum atomic E-state index is -4.74. The third-order valence-electron chi connectivity index (χ3n) is 9.49. The molecule has 0 bridgehead atoms. The Morgan fingerprint density at radius 3 is 1.32 bits per heavy atom. The molecule has 0 radical (unpaired) electrons. The first-order chi connectivity index (χ1) is 45.1. The van der Waals surface area contributed by atoms with Crippen LogP contribution in [0.2, 0.25) is 0 Å². The highest BCUT2D eigenvalue weighted by Crippen LogP contribution is 2.27. The van der Waals surface area contributed by atoms with E-state index in [0.717, 1.165) is 50.4 Å². The van der Waals surface area contributed by atoms with E-state index in [4.69, 9.17) is 14.3 Å². The van der Waals surface area contributed by atoms with Crippen LogP contribution in [0.3, 0.4) is 0 Å². The summed E-state index contributed by atoms with van der Waals surface area (Å²) < 4.78 is 97.9. The number of aromatic nitrogens is 10. The van der Waals surface area contributed by atoms with E-state index in [0.29, 0.717) is 30.5 Å². The van der Waals surface area contributed by atoms with Crippen molar-refractivity contribution in [3.05, 3.63) is 64.2 Å². The Bertz CT molecular complexity index is 2390. The van der Waals surface area contributed by atoms with Crippen LogP contribution < -0.4 is 31.9 Å². The van der Waals surface area contributed by atoms with Crippen LogP contribution in [-0.4, -0.2) is 294 Å². The van der Waals surface area contributed by atoms with E-state index in [1.165, 1.54) is 65.7 Å². The lowest BCUT2D eigenvalue weighted by atomic mass is 10.1. The molecule has 32 nitrogen and oxygen atoms in total. The highest BCUT2D eigenvalue weighted by Gasteiger charge is 2.38. The molecule has 5 aromatic heterocycles. The molecule has 7 heterocycles. The van der Waals surface area contributed by atoms with Crippen LogP contribution in [0.4, 0.5) is 30.7 Å². The van der Waals surface area contributed by atoms with E-state index in [2.05, 4.69) is 134 Å². The lowest BCUT2D eigenvalue weighted by molar-refractivity contribution is -0.173. The number of likely N-dealkylation sites (tertiary alicyclic amines) is 2. The normalized spacial score (nSPS) is 11.7. The number of halogens is 7. The number of rotatable bonds is 7. The molecule has 566 valence electrons. The number of carbonyl (C=O) groups excluding carboxylic acids is 6. The fraction of sp³-hybridized carbons (Fsp3) is 0.702. The van der Waals surface area contributed by atoms with Gasteiger partial charge in [0.15, 0.2) is 23.4 Å². The van der Waals surface area contributed by atoms with Gasteiger partial charge in [0, 0.05) is 94.8 Å². The number of likely N-dealkylation sites (N-methyl/N-ethyl adjacent to an activating group) is 4. The quantitative estimate of drug-likeness (QED) is 0.0850. The first kappa shape index (κ1) is 105. The van der Waals surface area contributed by atoms with Gasteiger partial charge in [-0.15, -0.1) is 21.5 Å². The number of thiazole rings is 1. The molecule has 8 N–H and O–H groups in total. The second-order valence-corrected chi connectivity index (χ2v) is 20.9. The van der Waals surface area contributed by atoms with Crippen LogP contribution in [0.15, 0.2) is 37.5 Å². The van der Waals surface area contributed by atoms with Gasteiger partial charge in [0.1, 0.15) is 25.6 Å². The van der Waals surface area contributed by atoms with Gasteiger partial charge in [0.25, 0.3) is 0 Å². The molecule has 97 heavy (non-hydrogen) atoms. The number of hydrogen-bond donors (Lipinski definition) is 8. The maximum absolute atomic E-state index is 12.3. The topological polar surface area (TPSA) is 391 Å². The van der Waals surface area contributed by atoms with Gasteiger partial charge in [-0.3, -0.25) is 33.8 Å². The molecule has 0 unspecified atom stereocenters. The number of aromatic amines is 1. The molecule has 2 aliphatic rings. The van der Waals surface area contributed by atoms with Crippen molar-refractivity contribution in [2.75, 3.05) is 165 Å². The predicted molar refractivity (Wildman–Crippen MR) is 356 cm³/mol. The van der Waals surface area contributed by atoms with Gasteiger partial charge in [-0.25, -0.2) is 9.37 Å². The zero-order valence-corrected chi connectivity index (χ0v) is 61.8. The van der Waals surface area contributed by atoms with E-state index in [1.807, 2.05) is 64.4 Å². The molecule has 40 heteroatoms. The van der Waals surface area contributed by atoms with Crippen LogP contribution >= 0.6 is 11.3 Å². The third-order valence-corrected chi connectivity index (χ3v) is 10.2. The summed E-state index contributed by atoms with van der Waals surface area (Å²) in [5.74, 6) is -0.924. The Morgan fingerprint density at radius 2 is 1.19 bits per heavy atom. The van der Waals surface area contributed by atoms with E-state index in [1.54, 1.807) is 85.9 Å². The van der Waals surface area contributed by atoms with Crippen LogP contribution in [0, 0.1) is 41.5 Å². The van der Waals surface area contributed by atoms with Crippen LogP contribution in [-0.2, 0) is 39.7 Å². The highest BCUT2D eigenvalue weighted by atomic mass is 32.1. The van der Waals surface area contributed by atoms with Crippen molar-refractivity contribution < 1.29 is 82.8 Å². The Morgan fingerprint density at radius 1 is 0.711 bits per heavy atom. The van der Waals surface area contributed by atoms with E-state index < -0.39 is 36.9 Å². The van der Waals surface area contributed by atoms with Gasteiger partial charge >= 0.3 is 24.2 Å².